The summed E-state index contributed by atoms with van der Waals surface area (Å²) in [4.78, 5) is 26.1. The van der Waals surface area contributed by atoms with E-state index in [4.69, 9.17) is 0 Å². The number of rotatable bonds is 4. The first kappa shape index (κ1) is 16.7. The summed E-state index contributed by atoms with van der Waals surface area (Å²) in [5.74, 6) is 0. The highest BCUT2D eigenvalue weighted by molar-refractivity contribution is 5.96. The van der Waals surface area contributed by atoms with Gasteiger partial charge in [0, 0.05) is 12.1 Å². The molecular weight excluding hydrogens is 306 g/mol. The Morgan fingerprint density at radius 2 is 1.67 bits per heavy atom. The third-order valence-corrected chi connectivity index (χ3v) is 4.64. The van der Waals surface area contributed by atoms with Crippen molar-refractivity contribution in [1.29, 1.82) is 0 Å². The molecule has 130 valence electrons. The highest BCUT2D eigenvalue weighted by atomic mass is 16.2. The van der Waals surface area contributed by atoms with E-state index in [0.717, 1.165) is 31.5 Å². The molecule has 0 spiro atoms. The molecule has 4 amide bonds. The Balaban J connectivity index is 1.60. The van der Waals surface area contributed by atoms with Crippen LogP contribution in [0.4, 0.5) is 9.59 Å². The fourth-order valence-electron chi connectivity index (χ4n) is 3.20. The van der Waals surface area contributed by atoms with E-state index in [0.29, 0.717) is 0 Å². The highest BCUT2D eigenvalue weighted by Gasteiger charge is 2.37. The van der Waals surface area contributed by atoms with E-state index >= 15 is 0 Å². The van der Waals surface area contributed by atoms with Crippen molar-refractivity contribution in [2.45, 2.75) is 45.1 Å². The molecule has 0 aliphatic carbocycles. The Morgan fingerprint density at radius 1 is 1.08 bits per heavy atom. The second-order valence-corrected chi connectivity index (χ2v) is 6.48. The van der Waals surface area contributed by atoms with Gasteiger partial charge in [-0.25, -0.2) is 14.5 Å². The number of piperidine rings is 1. The first-order chi connectivity index (χ1) is 11.5. The molecule has 2 saturated heterocycles. The molecule has 7 nitrogen and oxygen atoms in total. The van der Waals surface area contributed by atoms with E-state index in [1.807, 2.05) is 38.1 Å². The Bertz CT molecular complexity index is 580. The van der Waals surface area contributed by atoms with E-state index in [2.05, 4.69) is 21.3 Å². The van der Waals surface area contributed by atoms with Crippen LogP contribution in [-0.2, 0) is 0 Å². The SMILES string of the molecule is Cc1ccc(C(C)NC2NC(=O)N(C3CCNCC3)C(=O)N2)cc1. The van der Waals surface area contributed by atoms with Crippen molar-refractivity contribution >= 4 is 12.1 Å². The molecule has 1 atom stereocenters. The number of aryl methyl sites for hydroxylation is 1. The average Bonchev–Trinajstić information content (AvgIpc) is 2.55. The topological polar surface area (TPSA) is 85.5 Å². The lowest BCUT2D eigenvalue weighted by Gasteiger charge is -2.39. The van der Waals surface area contributed by atoms with Gasteiger partial charge in [-0.05, 0) is 45.3 Å². The van der Waals surface area contributed by atoms with Crippen molar-refractivity contribution in [2.24, 2.45) is 0 Å². The highest BCUT2D eigenvalue weighted by Crippen LogP contribution is 2.16. The molecule has 0 aromatic heterocycles. The summed E-state index contributed by atoms with van der Waals surface area (Å²) in [7, 11) is 0. The fourth-order valence-corrected chi connectivity index (χ4v) is 3.20. The second kappa shape index (κ2) is 7.19. The lowest BCUT2D eigenvalue weighted by atomic mass is 10.1. The summed E-state index contributed by atoms with van der Waals surface area (Å²) < 4.78 is 0. The molecule has 2 aliphatic rings. The van der Waals surface area contributed by atoms with Gasteiger partial charge in [-0.3, -0.25) is 5.32 Å². The predicted molar refractivity (Wildman–Crippen MR) is 91.3 cm³/mol. The first-order valence-corrected chi connectivity index (χ1v) is 8.48. The van der Waals surface area contributed by atoms with Gasteiger partial charge in [0.1, 0.15) is 0 Å². The summed E-state index contributed by atoms with van der Waals surface area (Å²) in [6.07, 6.45) is 1.01. The molecule has 24 heavy (non-hydrogen) atoms. The minimum atomic E-state index is -0.570. The van der Waals surface area contributed by atoms with Gasteiger partial charge in [0.25, 0.3) is 0 Å². The molecule has 2 aliphatic heterocycles. The Morgan fingerprint density at radius 3 is 2.25 bits per heavy atom. The number of carbonyl (C=O) groups excluding carboxylic acids is 2. The molecule has 2 fully saturated rings. The Hall–Kier alpha value is -2.12. The van der Waals surface area contributed by atoms with Crippen molar-refractivity contribution in [3.8, 4) is 0 Å². The number of nitrogens with zero attached hydrogens (tertiary/aromatic N) is 1. The minimum Gasteiger partial charge on any atom is -0.317 e. The van der Waals surface area contributed by atoms with Crippen LogP contribution in [0.2, 0.25) is 0 Å². The number of urea groups is 2. The van der Waals surface area contributed by atoms with Crippen LogP contribution in [-0.4, -0.2) is 42.4 Å². The van der Waals surface area contributed by atoms with Crippen LogP contribution in [0.3, 0.4) is 0 Å². The number of benzene rings is 1. The van der Waals surface area contributed by atoms with Crippen LogP contribution in [0.15, 0.2) is 24.3 Å². The predicted octanol–water partition coefficient (Wildman–Crippen LogP) is 1.42. The van der Waals surface area contributed by atoms with Gasteiger partial charge in [0.05, 0.1) is 0 Å². The molecule has 0 bridgehead atoms. The van der Waals surface area contributed by atoms with Gasteiger partial charge in [0.15, 0.2) is 6.29 Å². The van der Waals surface area contributed by atoms with Gasteiger partial charge < -0.3 is 16.0 Å². The molecule has 1 unspecified atom stereocenters. The van der Waals surface area contributed by atoms with E-state index in [-0.39, 0.29) is 24.1 Å². The summed E-state index contributed by atoms with van der Waals surface area (Å²) >= 11 is 0. The van der Waals surface area contributed by atoms with Crippen LogP contribution in [0, 0.1) is 6.92 Å². The number of hydrogen-bond acceptors (Lipinski definition) is 4. The fraction of sp³-hybridized carbons (Fsp3) is 0.529. The van der Waals surface area contributed by atoms with Crippen LogP contribution < -0.4 is 21.3 Å². The van der Waals surface area contributed by atoms with Gasteiger partial charge in [0.2, 0.25) is 0 Å². The maximum absolute atomic E-state index is 12.4. The third-order valence-electron chi connectivity index (χ3n) is 4.64. The molecule has 3 rings (SSSR count). The van der Waals surface area contributed by atoms with Gasteiger partial charge in [-0.15, -0.1) is 0 Å². The molecular formula is C17H25N5O2. The maximum atomic E-state index is 12.4. The summed E-state index contributed by atoms with van der Waals surface area (Å²) in [5.41, 5.74) is 2.30. The minimum absolute atomic E-state index is 0.00151. The molecule has 0 saturated carbocycles. The number of amides is 4. The molecule has 1 aromatic carbocycles. The van der Waals surface area contributed by atoms with E-state index in [9.17, 15) is 9.59 Å². The Labute approximate surface area is 142 Å². The van der Waals surface area contributed by atoms with Gasteiger partial charge >= 0.3 is 12.1 Å². The van der Waals surface area contributed by atoms with Crippen LogP contribution in [0.25, 0.3) is 0 Å². The average molecular weight is 331 g/mol. The number of nitrogens with one attached hydrogen (secondary N) is 4. The normalized spacial score (nSPS) is 21.3. The molecule has 4 N–H and O–H groups in total. The molecule has 7 heteroatoms. The molecule has 0 radical (unpaired) electrons. The molecule has 1 aromatic rings. The van der Waals surface area contributed by atoms with Crippen molar-refractivity contribution in [3.05, 3.63) is 35.4 Å². The lowest BCUT2D eigenvalue weighted by molar-refractivity contribution is 0.132. The van der Waals surface area contributed by atoms with Crippen LogP contribution >= 0.6 is 0 Å². The summed E-state index contributed by atoms with van der Waals surface area (Å²) in [5, 5.41) is 12.1. The third kappa shape index (κ3) is 3.68. The van der Waals surface area contributed by atoms with Crippen LogP contribution in [0.1, 0.15) is 36.9 Å². The maximum Gasteiger partial charge on any atom is 0.328 e. The Kier molecular flexibility index (Phi) is 5.01. The van der Waals surface area contributed by atoms with Gasteiger partial charge in [-0.1, -0.05) is 29.8 Å². The zero-order valence-electron chi connectivity index (χ0n) is 14.1. The smallest absolute Gasteiger partial charge is 0.317 e. The second-order valence-electron chi connectivity index (χ2n) is 6.48. The number of imide groups is 1. The summed E-state index contributed by atoms with van der Waals surface area (Å²) in [6, 6.07) is 7.47. The lowest BCUT2D eigenvalue weighted by Crippen LogP contribution is -2.70. The van der Waals surface area contributed by atoms with E-state index < -0.39 is 6.29 Å². The first-order valence-electron chi connectivity index (χ1n) is 8.48. The van der Waals surface area contributed by atoms with Crippen LogP contribution in [0.5, 0.6) is 0 Å². The summed E-state index contributed by atoms with van der Waals surface area (Å²) in [6.45, 7) is 5.70. The van der Waals surface area contributed by atoms with Crippen molar-refractivity contribution in [3.63, 3.8) is 0 Å². The monoisotopic (exact) mass is 331 g/mol. The van der Waals surface area contributed by atoms with E-state index in [1.54, 1.807) is 0 Å². The van der Waals surface area contributed by atoms with Crippen molar-refractivity contribution in [2.75, 3.05) is 13.1 Å². The zero-order chi connectivity index (χ0) is 17.1. The van der Waals surface area contributed by atoms with E-state index in [1.165, 1.54) is 10.5 Å². The quantitative estimate of drug-likeness (QED) is 0.672. The largest absolute Gasteiger partial charge is 0.328 e. The van der Waals surface area contributed by atoms with Gasteiger partial charge in [-0.2, -0.15) is 0 Å². The van der Waals surface area contributed by atoms with Crippen molar-refractivity contribution in [1.82, 2.24) is 26.2 Å². The number of hydrogen-bond donors (Lipinski definition) is 4. The molecule has 2 heterocycles. The van der Waals surface area contributed by atoms with Crippen molar-refractivity contribution < 1.29 is 9.59 Å². The number of carbonyl (C=O) groups is 2. The standard InChI is InChI=1S/C17H25N5O2/c1-11-3-5-13(6-4-11)12(2)19-15-20-16(23)22(17(24)21-15)14-7-9-18-10-8-14/h3-6,12,14-15,18-19H,7-10H2,1-2H3,(H,20,23)(H,21,24). The zero-order valence-corrected chi connectivity index (χ0v) is 14.1.